The van der Waals surface area contributed by atoms with Gasteiger partial charge < -0.3 is 24.1 Å². The van der Waals surface area contributed by atoms with Gasteiger partial charge in [-0.15, -0.1) is 0 Å². The van der Waals surface area contributed by atoms with Crippen LogP contribution in [0.2, 0.25) is 0 Å². The van der Waals surface area contributed by atoms with Gasteiger partial charge in [-0.3, -0.25) is 19.1 Å². The van der Waals surface area contributed by atoms with E-state index in [4.69, 9.17) is 4.74 Å². The third kappa shape index (κ3) is 5.28. The van der Waals surface area contributed by atoms with Crippen LogP contribution in [0.25, 0.3) is 28.0 Å². The average Bonchev–Trinajstić information content (AvgIpc) is 3.55. The van der Waals surface area contributed by atoms with E-state index in [0.29, 0.717) is 45.6 Å². The van der Waals surface area contributed by atoms with E-state index in [0.717, 1.165) is 51.1 Å². The lowest BCUT2D eigenvalue weighted by Gasteiger charge is -2.38. The van der Waals surface area contributed by atoms with Gasteiger partial charge in [-0.1, -0.05) is 19.9 Å². The third-order valence-corrected chi connectivity index (χ3v) is 10.0. The number of aromatic nitrogens is 5. The molecule has 5 aromatic heterocycles. The Balaban J connectivity index is 1.09. The number of fused-ring (bicyclic) bond motifs is 3. The smallest absolute Gasteiger partial charge is 0.280 e. The summed E-state index contributed by atoms with van der Waals surface area (Å²) in [5.74, 6) is 0.906. The summed E-state index contributed by atoms with van der Waals surface area (Å²) in [6.45, 7) is 7.69. The number of aliphatic hydroxyl groups is 1. The Kier molecular flexibility index (Phi) is 7.43. The first-order chi connectivity index (χ1) is 23.2. The lowest BCUT2D eigenvalue weighted by atomic mass is 9.90. The highest BCUT2D eigenvalue weighted by atomic mass is 16.5. The van der Waals surface area contributed by atoms with E-state index in [1.165, 1.54) is 26.0 Å². The second-order valence-corrected chi connectivity index (χ2v) is 14.0. The van der Waals surface area contributed by atoms with Gasteiger partial charge in [0.15, 0.2) is 0 Å². The molecule has 0 saturated carbocycles. The zero-order valence-corrected chi connectivity index (χ0v) is 27.4. The first-order valence-electron chi connectivity index (χ1n) is 16.5. The molecular weight excluding hydrogens is 606 g/mol. The largest absolute Gasteiger partial charge is 0.392 e. The molecule has 5 aromatic rings. The van der Waals surface area contributed by atoms with Crippen molar-refractivity contribution in [2.24, 2.45) is 12.5 Å². The van der Waals surface area contributed by atoms with Crippen LogP contribution >= 0.6 is 0 Å². The molecule has 0 unspecified atom stereocenters. The van der Waals surface area contributed by atoms with E-state index in [2.05, 4.69) is 40.1 Å². The molecule has 1 saturated heterocycles. The second-order valence-electron chi connectivity index (χ2n) is 14.0. The monoisotopic (exact) mass is 645 g/mol. The Hall–Kier alpha value is -4.84. The summed E-state index contributed by atoms with van der Waals surface area (Å²) in [5, 5.41) is 13.8. The molecule has 0 atom stereocenters. The first kappa shape index (κ1) is 30.5. The highest BCUT2D eigenvalue weighted by Gasteiger charge is 2.32. The van der Waals surface area contributed by atoms with Gasteiger partial charge in [-0.25, -0.2) is 9.97 Å². The van der Waals surface area contributed by atoms with Crippen LogP contribution in [0.5, 0.6) is 0 Å². The highest BCUT2D eigenvalue weighted by molar-refractivity contribution is 5.74. The number of aryl methyl sites for hydroxylation is 1. The normalized spacial score (nSPS) is 17.7. The fourth-order valence-corrected chi connectivity index (χ4v) is 7.40. The van der Waals surface area contributed by atoms with Gasteiger partial charge in [0.05, 0.1) is 25.9 Å². The number of pyridine rings is 3. The van der Waals surface area contributed by atoms with Crippen LogP contribution < -0.4 is 16.4 Å². The van der Waals surface area contributed by atoms with Crippen molar-refractivity contribution in [3.8, 4) is 16.9 Å². The zero-order chi connectivity index (χ0) is 33.2. The van der Waals surface area contributed by atoms with E-state index in [9.17, 15) is 14.7 Å². The molecule has 11 heteroatoms. The average molecular weight is 646 g/mol. The number of hydrogen-bond donors (Lipinski definition) is 2. The number of nitrogens with zero attached hydrogens (tertiary/aromatic N) is 6. The lowest BCUT2D eigenvalue weighted by Crippen LogP contribution is -2.50. The summed E-state index contributed by atoms with van der Waals surface area (Å²) in [4.78, 5) is 38.7. The van der Waals surface area contributed by atoms with Crippen molar-refractivity contribution in [3.05, 3.63) is 110 Å². The van der Waals surface area contributed by atoms with E-state index in [1.807, 2.05) is 35.0 Å². The Labute approximate surface area is 277 Å². The van der Waals surface area contributed by atoms with Crippen molar-refractivity contribution in [2.75, 3.05) is 31.6 Å². The van der Waals surface area contributed by atoms with Crippen LogP contribution in [-0.2, 0) is 31.2 Å². The molecule has 2 N–H and O–H groups in total. The molecule has 246 valence electrons. The Morgan fingerprint density at radius 3 is 2.60 bits per heavy atom. The fraction of sp³-hybridized carbons (Fsp3) is 0.351. The predicted molar refractivity (Wildman–Crippen MR) is 185 cm³/mol. The molecule has 48 heavy (non-hydrogen) atoms. The highest BCUT2D eigenvalue weighted by Crippen LogP contribution is 2.37. The van der Waals surface area contributed by atoms with Crippen molar-refractivity contribution >= 4 is 22.6 Å². The number of nitrogens with one attached hydrogen (secondary N) is 1. The SMILES string of the molecule is Cn1cc(-c2ccnc(-n3ccn4c5c(cc4c3=O)CC(C)(C)C5)c2CO)cc(Nc2ccc(C3=CCN(C4COC4)CC3)cn2)c1=O. The molecule has 7 heterocycles. The topological polar surface area (TPSA) is 119 Å². The van der Waals surface area contributed by atoms with E-state index < -0.39 is 0 Å². The molecule has 3 aliphatic rings. The molecule has 2 aliphatic heterocycles. The Bertz CT molecular complexity index is 2210. The Morgan fingerprint density at radius 1 is 1.04 bits per heavy atom. The summed E-state index contributed by atoms with van der Waals surface area (Å²) < 4.78 is 10.3. The first-order valence-corrected chi connectivity index (χ1v) is 16.5. The molecule has 0 bridgehead atoms. The number of rotatable bonds is 7. The summed E-state index contributed by atoms with van der Waals surface area (Å²) in [7, 11) is 1.69. The van der Waals surface area contributed by atoms with Gasteiger partial charge in [0.1, 0.15) is 22.8 Å². The van der Waals surface area contributed by atoms with E-state index in [-0.39, 0.29) is 23.1 Å². The third-order valence-electron chi connectivity index (χ3n) is 10.0. The van der Waals surface area contributed by atoms with Gasteiger partial charge in [-0.05, 0) is 77.3 Å². The van der Waals surface area contributed by atoms with Crippen molar-refractivity contribution in [1.82, 2.24) is 28.4 Å². The number of ether oxygens (including phenoxy) is 1. The molecular formula is C37H39N7O4. The summed E-state index contributed by atoms with van der Waals surface area (Å²) in [6, 6.07) is 9.99. The minimum atomic E-state index is -0.349. The van der Waals surface area contributed by atoms with Crippen molar-refractivity contribution < 1.29 is 9.84 Å². The molecule has 11 nitrogen and oxygen atoms in total. The minimum absolute atomic E-state index is 0.171. The predicted octanol–water partition coefficient (Wildman–Crippen LogP) is 4.09. The van der Waals surface area contributed by atoms with E-state index >= 15 is 0 Å². The van der Waals surface area contributed by atoms with Gasteiger partial charge in [0.25, 0.3) is 11.1 Å². The molecule has 0 radical (unpaired) electrons. The minimum Gasteiger partial charge on any atom is -0.392 e. The summed E-state index contributed by atoms with van der Waals surface area (Å²) in [5.41, 5.74) is 7.26. The quantitative estimate of drug-likeness (QED) is 0.272. The van der Waals surface area contributed by atoms with Crippen LogP contribution in [0, 0.1) is 5.41 Å². The molecule has 0 aromatic carbocycles. The zero-order valence-electron chi connectivity index (χ0n) is 27.4. The van der Waals surface area contributed by atoms with Gasteiger partial charge in [0, 0.05) is 67.9 Å². The summed E-state index contributed by atoms with van der Waals surface area (Å²) in [6.07, 6.45) is 13.9. The van der Waals surface area contributed by atoms with Crippen LogP contribution in [0.1, 0.15) is 42.7 Å². The van der Waals surface area contributed by atoms with Crippen molar-refractivity contribution in [3.63, 3.8) is 0 Å². The number of anilines is 2. The fourth-order valence-electron chi connectivity index (χ4n) is 7.40. The molecule has 1 fully saturated rings. The van der Waals surface area contributed by atoms with Gasteiger partial charge in [0.2, 0.25) is 0 Å². The second kappa shape index (κ2) is 11.7. The standard InChI is InChI=1S/C37H39N7O4/c1-37(2)16-25-15-31-36(47)44(13-12-43(31)32(25)17-37)34-29(20-45)28(6-9-38-34)26-14-30(35(46)41(3)19-26)40-33-5-4-24(18-39-33)23-7-10-42(11-8-23)27-21-48-22-27/h4-7,9,12-15,18-19,27,45H,8,10-11,16-17,20-22H2,1-3H3,(H,39,40). The maximum Gasteiger partial charge on any atom is 0.280 e. The summed E-state index contributed by atoms with van der Waals surface area (Å²) >= 11 is 0. The van der Waals surface area contributed by atoms with Crippen molar-refractivity contribution in [2.45, 2.75) is 45.8 Å². The van der Waals surface area contributed by atoms with Crippen LogP contribution in [0.15, 0.2) is 77.0 Å². The molecule has 0 spiro atoms. The van der Waals surface area contributed by atoms with E-state index in [1.54, 1.807) is 37.8 Å². The Morgan fingerprint density at radius 2 is 1.90 bits per heavy atom. The molecule has 1 aliphatic carbocycles. The van der Waals surface area contributed by atoms with Gasteiger partial charge in [-0.2, -0.15) is 0 Å². The van der Waals surface area contributed by atoms with Crippen LogP contribution in [0.4, 0.5) is 11.5 Å². The van der Waals surface area contributed by atoms with Crippen LogP contribution in [-0.4, -0.2) is 65.9 Å². The maximum absolute atomic E-state index is 13.8. The lowest BCUT2D eigenvalue weighted by molar-refractivity contribution is -0.0612. The molecule has 8 rings (SSSR count). The number of aliphatic hydroxyl groups excluding tert-OH is 1. The van der Waals surface area contributed by atoms with Gasteiger partial charge >= 0.3 is 0 Å². The van der Waals surface area contributed by atoms with Crippen molar-refractivity contribution in [1.29, 1.82) is 0 Å². The number of hydrogen-bond acceptors (Lipinski definition) is 8. The maximum atomic E-state index is 13.8. The van der Waals surface area contributed by atoms with Crippen LogP contribution in [0.3, 0.4) is 0 Å². The molecule has 0 amide bonds.